The number of hydrogen-bond acceptors (Lipinski definition) is 6. The second-order valence-corrected chi connectivity index (χ2v) is 8.44. The fourth-order valence-electron chi connectivity index (χ4n) is 2.83. The molecule has 0 radical (unpaired) electrons. The third-order valence-corrected chi connectivity index (χ3v) is 5.45. The van der Waals surface area contributed by atoms with E-state index < -0.39 is 10.8 Å². The number of nitro benzene ring substituents is 1. The summed E-state index contributed by atoms with van der Waals surface area (Å²) in [5.74, 6) is 0.0955. The Hall–Kier alpha value is -2.95. The highest BCUT2D eigenvalue weighted by Gasteiger charge is 2.19. The van der Waals surface area contributed by atoms with Crippen LogP contribution >= 0.6 is 43.5 Å². The molecule has 0 spiro atoms. The topological polar surface area (TPSA) is 111 Å². The number of rotatable bonds is 5. The quantitative estimate of drug-likeness (QED) is 0.167. The van der Waals surface area contributed by atoms with Crippen LogP contribution in [0.3, 0.4) is 0 Å². The van der Waals surface area contributed by atoms with Crippen molar-refractivity contribution < 1.29 is 18.6 Å². The van der Waals surface area contributed by atoms with Crippen LogP contribution in [0.1, 0.15) is 16.3 Å². The van der Waals surface area contributed by atoms with Gasteiger partial charge in [-0.3, -0.25) is 14.9 Å². The summed E-state index contributed by atoms with van der Waals surface area (Å²) in [5.41, 5.74) is 2.99. The Morgan fingerprint density at radius 1 is 1.13 bits per heavy atom. The number of fused-ring (bicyclic) bond motifs is 1. The molecule has 156 valence electrons. The minimum atomic E-state index is -0.546. The highest BCUT2D eigenvalue weighted by molar-refractivity contribution is 9.11. The maximum absolute atomic E-state index is 12.3. The lowest BCUT2D eigenvalue weighted by Gasteiger charge is -2.00. The zero-order valence-corrected chi connectivity index (χ0v) is 19.2. The summed E-state index contributed by atoms with van der Waals surface area (Å²) >= 11 is 12.6. The molecule has 0 fully saturated rings. The predicted molar refractivity (Wildman–Crippen MR) is 122 cm³/mol. The van der Waals surface area contributed by atoms with Gasteiger partial charge in [0.2, 0.25) is 0 Å². The number of halogens is 3. The molecule has 0 atom stereocenters. The van der Waals surface area contributed by atoms with Gasteiger partial charge in [0.05, 0.1) is 21.2 Å². The lowest BCUT2D eigenvalue weighted by molar-refractivity contribution is -0.384. The predicted octanol–water partition coefficient (Wildman–Crippen LogP) is 6.54. The molecule has 1 N–H and O–H groups in total. The second-order valence-electron chi connectivity index (χ2n) is 6.24. The Morgan fingerprint density at radius 3 is 2.71 bits per heavy atom. The number of benzene rings is 2. The summed E-state index contributed by atoms with van der Waals surface area (Å²) in [4.78, 5) is 23.0. The number of nitro groups is 1. The van der Waals surface area contributed by atoms with E-state index >= 15 is 0 Å². The molecule has 4 rings (SSSR count). The molecule has 0 bridgehead atoms. The number of nitrogens with one attached hydrogen (secondary N) is 1. The van der Waals surface area contributed by atoms with E-state index in [1.807, 2.05) is 12.1 Å². The summed E-state index contributed by atoms with van der Waals surface area (Å²) in [6.45, 7) is 0. The monoisotopic (exact) mass is 565 g/mol. The van der Waals surface area contributed by atoms with Crippen molar-refractivity contribution in [3.63, 3.8) is 0 Å². The summed E-state index contributed by atoms with van der Waals surface area (Å²) in [7, 11) is 0. The van der Waals surface area contributed by atoms with Crippen molar-refractivity contribution >= 4 is 72.2 Å². The van der Waals surface area contributed by atoms with Gasteiger partial charge in [-0.2, -0.15) is 5.10 Å². The number of hydrazone groups is 1. The number of hydrogen-bond donors (Lipinski definition) is 1. The highest BCUT2D eigenvalue weighted by atomic mass is 79.9. The molecule has 0 saturated heterocycles. The molecule has 0 aliphatic rings. The number of furan rings is 2. The molecule has 0 aliphatic heterocycles. The Balaban J connectivity index is 1.50. The normalized spacial score (nSPS) is 11.3. The van der Waals surface area contributed by atoms with E-state index in [0.717, 1.165) is 9.86 Å². The van der Waals surface area contributed by atoms with Crippen molar-refractivity contribution in [2.45, 2.75) is 0 Å². The molecule has 0 aliphatic carbocycles. The van der Waals surface area contributed by atoms with Gasteiger partial charge in [0, 0.05) is 20.9 Å². The van der Waals surface area contributed by atoms with Crippen LogP contribution in [-0.2, 0) is 0 Å². The van der Waals surface area contributed by atoms with Crippen molar-refractivity contribution in [1.82, 2.24) is 5.43 Å². The zero-order chi connectivity index (χ0) is 22.1. The third-order valence-electron chi connectivity index (χ3n) is 4.17. The molecule has 2 aromatic heterocycles. The smallest absolute Gasteiger partial charge is 0.307 e. The zero-order valence-electron chi connectivity index (χ0n) is 15.3. The lowest BCUT2D eigenvalue weighted by atomic mass is 10.1. The molecule has 11 heteroatoms. The average molecular weight is 568 g/mol. The van der Waals surface area contributed by atoms with Gasteiger partial charge in [-0.05, 0) is 58.4 Å². The van der Waals surface area contributed by atoms with E-state index in [9.17, 15) is 14.9 Å². The van der Waals surface area contributed by atoms with E-state index in [4.69, 9.17) is 20.4 Å². The van der Waals surface area contributed by atoms with Crippen molar-refractivity contribution in [2.24, 2.45) is 5.10 Å². The van der Waals surface area contributed by atoms with Crippen molar-refractivity contribution in [2.75, 3.05) is 0 Å². The first-order chi connectivity index (χ1) is 14.8. The number of amides is 1. The van der Waals surface area contributed by atoms with Crippen LogP contribution in [0, 0.1) is 10.1 Å². The molecular weight excluding hydrogens is 557 g/mol. The van der Waals surface area contributed by atoms with Crippen LogP contribution in [-0.4, -0.2) is 17.0 Å². The average Bonchev–Trinajstić information content (AvgIpc) is 3.35. The van der Waals surface area contributed by atoms with Crippen molar-refractivity contribution in [3.05, 3.63) is 84.1 Å². The summed E-state index contributed by atoms with van der Waals surface area (Å²) in [6.07, 6.45) is 1.28. The largest absolute Gasteiger partial charge is 0.455 e. The SMILES string of the molecule is O=C(N/N=C\c1ccc(-c2ccc(Cl)cc2[N+](=O)[O-])o1)c1cc2cc(Br)cc(Br)c2o1. The van der Waals surface area contributed by atoms with Gasteiger partial charge in [-0.1, -0.05) is 27.5 Å². The van der Waals surface area contributed by atoms with Crippen LogP contribution in [0.2, 0.25) is 5.02 Å². The first-order valence-corrected chi connectivity index (χ1v) is 10.5. The fraction of sp³-hybridized carbons (Fsp3) is 0. The number of carbonyl (C=O) groups excluding carboxylic acids is 1. The first-order valence-electron chi connectivity index (χ1n) is 8.58. The van der Waals surface area contributed by atoms with Crippen LogP contribution in [0.4, 0.5) is 5.69 Å². The summed E-state index contributed by atoms with van der Waals surface area (Å²) in [5, 5.41) is 16.1. The van der Waals surface area contributed by atoms with E-state index in [2.05, 4.69) is 42.4 Å². The Bertz CT molecular complexity index is 1360. The van der Waals surface area contributed by atoms with Gasteiger partial charge in [0.1, 0.15) is 17.1 Å². The number of nitrogens with zero attached hydrogens (tertiary/aromatic N) is 2. The third kappa shape index (κ3) is 4.55. The van der Waals surface area contributed by atoms with Gasteiger partial charge >= 0.3 is 5.91 Å². The van der Waals surface area contributed by atoms with Crippen LogP contribution in [0.15, 0.2) is 71.4 Å². The number of carbonyl (C=O) groups is 1. The fourth-order valence-corrected chi connectivity index (χ4v) is 4.33. The lowest BCUT2D eigenvalue weighted by Crippen LogP contribution is -2.16. The van der Waals surface area contributed by atoms with Gasteiger partial charge in [-0.25, -0.2) is 5.43 Å². The molecule has 4 aromatic rings. The second kappa shape index (κ2) is 8.66. The van der Waals surface area contributed by atoms with E-state index in [1.54, 1.807) is 18.2 Å². The molecule has 31 heavy (non-hydrogen) atoms. The molecule has 8 nitrogen and oxygen atoms in total. The Labute approximate surface area is 196 Å². The van der Waals surface area contributed by atoms with Gasteiger partial charge in [0.15, 0.2) is 5.76 Å². The molecule has 2 heterocycles. The molecular formula is C20H10Br2ClN3O5. The van der Waals surface area contributed by atoms with Crippen LogP contribution in [0.25, 0.3) is 22.3 Å². The van der Waals surface area contributed by atoms with Gasteiger partial charge < -0.3 is 8.83 Å². The van der Waals surface area contributed by atoms with E-state index in [0.29, 0.717) is 10.1 Å². The minimum absolute atomic E-state index is 0.0860. The summed E-state index contributed by atoms with van der Waals surface area (Å²) < 4.78 is 12.7. The maximum atomic E-state index is 12.3. The molecule has 0 saturated carbocycles. The van der Waals surface area contributed by atoms with Crippen molar-refractivity contribution in [3.8, 4) is 11.3 Å². The molecule has 1 amide bonds. The molecule has 2 aromatic carbocycles. The van der Waals surface area contributed by atoms with Crippen molar-refractivity contribution in [1.29, 1.82) is 0 Å². The van der Waals surface area contributed by atoms with Gasteiger partial charge in [0.25, 0.3) is 5.69 Å². The van der Waals surface area contributed by atoms with Gasteiger partial charge in [-0.15, -0.1) is 0 Å². The van der Waals surface area contributed by atoms with Crippen LogP contribution < -0.4 is 5.43 Å². The standard InChI is InChI=1S/C20H10Br2ClN3O5/c21-11-5-10-6-18(31-19(10)15(22)7-11)20(27)25-24-9-13-2-4-17(30-13)14-3-1-12(23)8-16(14)26(28)29/h1-9H,(H,25,27)/b24-9-. The Kier molecular flexibility index (Phi) is 5.94. The minimum Gasteiger partial charge on any atom is -0.455 e. The first kappa shape index (κ1) is 21.3. The maximum Gasteiger partial charge on any atom is 0.307 e. The summed E-state index contributed by atoms with van der Waals surface area (Å²) in [6, 6.07) is 12.6. The van der Waals surface area contributed by atoms with E-state index in [1.165, 1.54) is 24.4 Å². The Morgan fingerprint density at radius 2 is 1.94 bits per heavy atom. The highest BCUT2D eigenvalue weighted by Crippen LogP contribution is 2.33. The molecule has 0 unspecified atom stereocenters. The van der Waals surface area contributed by atoms with E-state index in [-0.39, 0.29) is 33.6 Å². The van der Waals surface area contributed by atoms with Crippen LogP contribution in [0.5, 0.6) is 0 Å².